The van der Waals surface area contributed by atoms with Crippen LogP contribution in [0, 0.1) is 17.3 Å². The van der Waals surface area contributed by atoms with Gasteiger partial charge in [-0.05, 0) is 30.9 Å². The van der Waals surface area contributed by atoms with Crippen LogP contribution in [0.25, 0.3) is 0 Å². The Labute approximate surface area is 125 Å². The van der Waals surface area contributed by atoms with E-state index in [0.717, 1.165) is 18.5 Å². The van der Waals surface area contributed by atoms with Crippen LogP contribution in [-0.2, 0) is 11.2 Å². The van der Waals surface area contributed by atoms with Gasteiger partial charge in [0.25, 0.3) is 0 Å². The molecule has 0 bridgehead atoms. The Morgan fingerprint density at radius 3 is 2.81 bits per heavy atom. The van der Waals surface area contributed by atoms with Crippen molar-refractivity contribution in [3.8, 4) is 0 Å². The van der Waals surface area contributed by atoms with E-state index in [1.54, 1.807) is 6.20 Å². The molecule has 5 nitrogen and oxygen atoms in total. The SMILES string of the molecule is C/C(=N\O)C1CC(C(=O)NCCc2ccccn2)C1(C)C. The number of oxime groups is 1. The highest BCUT2D eigenvalue weighted by atomic mass is 16.4. The van der Waals surface area contributed by atoms with Crippen molar-refractivity contribution in [1.29, 1.82) is 0 Å². The smallest absolute Gasteiger partial charge is 0.223 e. The van der Waals surface area contributed by atoms with Crippen molar-refractivity contribution in [2.45, 2.75) is 33.6 Å². The van der Waals surface area contributed by atoms with E-state index in [4.69, 9.17) is 5.21 Å². The number of hydrogen-bond donors (Lipinski definition) is 2. The van der Waals surface area contributed by atoms with Gasteiger partial charge in [-0.15, -0.1) is 0 Å². The summed E-state index contributed by atoms with van der Waals surface area (Å²) in [7, 11) is 0. The molecule has 0 spiro atoms. The molecule has 114 valence electrons. The van der Waals surface area contributed by atoms with Gasteiger partial charge in [-0.3, -0.25) is 9.78 Å². The molecule has 0 saturated heterocycles. The number of rotatable bonds is 5. The minimum atomic E-state index is -0.161. The lowest BCUT2D eigenvalue weighted by molar-refractivity contribution is -0.137. The summed E-state index contributed by atoms with van der Waals surface area (Å²) in [6.45, 7) is 6.51. The first-order valence-electron chi connectivity index (χ1n) is 7.33. The van der Waals surface area contributed by atoms with Crippen LogP contribution < -0.4 is 5.32 Å². The van der Waals surface area contributed by atoms with Gasteiger partial charge in [-0.25, -0.2) is 0 Å². The Bertz CT molecular complexity index is 526. The molecule has 1 aliphatic carbocycles. The van der Waals surface area contributed by atoms with Crippen molar-refractivity contribution in [3.63, 3.8) is 0 Å². The molecule has 2 N–H and O–H groups in total. The zero-order valence-corrected chi connectivity index (χ0v) is 12.8. The van der Waals surface area contributed by atoms with Crippen LogP contribution >= 0.6 is 0 Å². The van der Waals surface area contributed by atoms with Gasteiger partial charge in [0.15, 0.2) is 0 Å². The molecule has 1 aliphatic rings. The van der Waals surface area contributed by atoms with E-state index in [1.165, 1.54) is 0 Å². The summed E-state index contributed by atoms with van der Waals surface area (Å²) < 4.78 is 0. The largest absolute Gasteiger partial charge is 0.411 e. The molecule has 1 amide bonds. The molecule has 0 aliphatic heterocycles. The predicted molar refractivity (Wildman–Crippen MR) is 81.2 cm³/mol. The van der Waals surface area contributed by atoms with E-state index in [-0.39, 0.29) is 23.2 Å². The van der Waals surface area contributed by atoms with Gasteiger partial charge in [0, 0.05) is 36.7 Å². The molecule has 2 unspecified atom stereocenters. The quantitative estimate of drug-likeness (QED) is 0.496. The van der Waals surface area contributed by atoms with Crippen molar-refractivity contribution in [2.24, 2.45) is 22.4 Å². The molecule has 2 atom stereocenters. The van der Waals surface area contributed by atoms with E-state index >= 15 is 0 Å². The van der Waals surface area contributed by atoms with E-state index in [9.17, 15) is 4.79 Å². The average Bonchev–Trinajstić information content (AvgIpc) is 2.47. The van der Waals surface area contributed by atoms with Crippen molar-refractivity contribution in [1.82, 2.24) is 10.3 Å². The van der Waals surface area contributed by atoms with Crippen molar-refractivity contribution in [2.75, 3.05) is 6.54 Å². The van der Waals surface area contributed by atoms with Crippen LogP contribution in [0.2, 0.25) is 0 Å². The molecule has 1 fully saturated rings. The highest BCUT2D eigenvalue weighted by Crippen LogP contribution is 2.51. The maximum Gasteiger partial charge on any atom is 0.223 e. The van der Waals surface area contributed by atoms with Gasteiger partial charge in [-0.2, -0.15) is 0 Å². The molecule has 1 saturated carbocycles. The summed E-state index contributed by atoms with van der Waals surface area (Å²) in [5.41, 5.74) is 1.52. The van der Waals surface area contributed by atoms with E-state index in [1.807, 2.05) is 25.1 Å². The van der Waals surface area contributed by atoms with Gasteiger partial charge in [0.1, 0.15) is 0 Å². The Morgan fingerprint density at radius 2 is 2.24 bits per heavy atom. The second kappa shape index (κ2) is 6.24. The fourth-order valence-corrected chi connectivity index (χ4v) is 3.13. The van der Waals surface area contributed by atoms with Crippen molar-refractivity contribution < 1.29 is 10.0 Å². The molecule has 1 aromatic heterocycles. The summed E-state index contributed by atoms with van der Waals surface area (Å²) in [5, 5.41) is 15.1. The third-order valence-electron chi connectivity index (χ3n) is 4.65. The highest BCUT2D eigenvalue weighted by Gasteiger charge is 2.52. The van der Waals surface area contributed by atoms with Crippen LogP contribution in [0.5, 0.6) is 0 Å². The molecular formula is C16H23N3O2. The number of nitrogens with zero attached hydrogens (tertiary/aromatic N) is 2. The van der Waals surface area contributed by atoms with Gasteiger partial charge in [0.2, 0.25) is 5.91 Å². The van der Waals surface area contributed by atoms with Crippen LogP contribution in [0.1, 0.15) is 32.9 Å². The predicted octanol–water partition coefficient (Wildman–Crippen LogP) is 2.25. The van der Waals surface area contributed by atoms with Crippen LogP contribution in [0.4, 0.5) is 0 Å². The number of carbonyl (C=O) groups excluding carboxylic acids is 1. The number of hydrogen-bond acceptors (Lipinski definition) is 4. The number of carbonyl (C=O) groups is 1. The first-order valence-corrected chi connectivity index (χ1v) is 7.33. The zero-order chi connectivity index (χ0) is 15.5. The van der Waals surface area contributed by atoms with Gasteiger partial charge in [-0.1, -0.05) is 25.1 Å². The lowest BCUT2D eigenvalue weighted by atomic mass is 9.53. The fraction of sp³-hybridized carbons (Fsp3) is 0.562. The summed E-state index contributed by atoms with van der Waals surface area (Å²) >= 11 is 0. The van der Waals surface area contributed by atoms with Gasteiger partial charge < -0.3 is 10.5 Å². The number of nitrogens with one attached hydrogen (secondary N) is 1. The summed E-state index contributed by atoms with van der Waals surface area (Å²) in [4.78, 5) is 16.5. The molecular weight excluding hydrogens is 266 g/mol. The number of amides is 1. The minimum Gasteiger partial charge on any atom is -0.411 e. The standard InChI is InChI=1S/C16H23N3O2/c1-11(19-21)13-10-14(16(13,2)3)15(20)18-9-7-12-6-4-5-8-17-12/h4-6,8,13-14,21H,7,9-10H2,1-3H3,(H,18,20)/b19-11+. The van der Waals surface area contributed by atoms with Gasteiger partial charge in [0.05, 0.1) is 5.71 Å². The third-order valence-corrected chi connectivity index (χ3v) is 4.65. The van der Waals surface area contributed by atoms with Crippen molar-refractivity contribution in [3.05, 3.63) is 30.1 Å². The lowest BCUT2D eigenvalue weighted by Gasteiger charge is -2.50. The molecule has 2 rings (SSSR count). The average molecular weight is 289 g/mol. The second-order valence-electron chi connectivity index (χ2n) is 6.27. The molecule has 1 heterocycles. The number of pyridine rings is 1. The Hall–Kier alpha value is -1.91. The van der Waals surface area contributed by atoms with E-state index < -0.39 is 0 Å². The zero-order valence-electron chi connectivity index (χ0n) is 12.8. The summed E-state index contributed by atoms with van der Waals surface area (Å²) in [6.07, 6.45) is 3.24. The summed E-state index contributed by atoms with van der Waals surface area (Å²) in [5.74, 6) is 0.231. The molecule has 5 heteroatoms. The highest BCUT2D eigenvalue weighted by molar-refractivity contribution is 5.90. The van der Waals surface area contributed by atoms with E-state index in [0.29, 0.717) is 12.3 Å². The Morgan fingerprint density at radius 1 is 1.48 bits per heavy atom. The minimum absolute atomic E-state index is 0.0251. The second-order valence-corrected chi connectivity index (χ2v) is 6.27. The molecule has 0 radical (unpaired) electrons. The first-order chi connectivity index (χ1) is 9.96. The lowest BCUT2D eigenvalue weighted by Crippen LogP contribution is -2.54. The molecule has 21 heavy (non-hydrogen) atoms. The number of aromatic nitrogens is 1. The first kappa shape index (κ1) is 15.5. The van der Waals surface area contributed by atoms with Crippen LogP contribution in [0.15, 0.2) is 29.6 Å². The Kier molecular flexibility index (Phi) is 4.60. The van der Waals surface area contributed by atoms with Crippen LogP contribution in [0.3, 0.4) is 0 Å². The maximum absolute atomic E-state index is 12.3. The third kappa shape index (κ3) is 3.23. The fourth-order valence-electron chi connectivity index (χ4n) is 3.13. The van der Waals surface area contributed by atoms with Crippen molar-refractivity contribution >= 4 is 11.6 Å². The van der Waals surface area contributed by atoms with Crippen LogP contribution in [-0.4, -0.2) is 28.4 Å². The molecule has 0 aromatic carbocycles. The maximum atomic E-state index is 12.3. The monoisotopic (exact) mass is 289 g/mol. The topological polar surface area (TPSA) is 74.6 Å². The summed E-state index contributed by atoms with van der Waals surface area (Å²) in [6, 6.07) is 5.78. The molecule has 1 aromatic rings. The Balaban J connectivity index is 1.83. The van der Waals surface area contributed by atoms with E-state index in [2.05, 4.69) is 29.3 Å². The van der Waals surface area contributed by atoms with Gasteiger partial charge >= 0.3 is 0 Å². The normalized spacial score (nSPS) is 24.2.